The van der Waals surface area contributed by atoms with Crippen LogP contribution in [0.3, 0.4) is 0 Å². The highest BCUT2D eigenvalue weighted by molar-refractivity contribution is 5.38. The van der Waals surface area contributed by atoms with Gasteiger partial charge in [0.25, 0.3) is 0 Å². The molecule has 1 fully saturated rings. The van der Waals surface area contributed by atoms with E-state index in [0.29, 0.717) is 11.7 Å². The molecule has 2 rings (SSSR count). The van der Waals surface area contributed by atoms with E-state index in [2.05, 4.69) is 9.97 Å². The Balaban J connectivity index is 1.90. The zero-order chi connectivity index (χ0) is 10.8. The van der Waals surface area contributed by atoms with Crippen LogP contribution in [0, 0.1) is 5.92 Å². The van der Waals surface area contributed by atoms with E-state index in [9.17, 15) is 5.11 Å². The first-order valence-electron chi connectivity index (χ1n) is 5.12. The number of aliphatic hydroxyl groups is 1. The summed E-state index contributed by atoms with van der Waals surface area (Å²) in [6.07, 6.45) is 4.92. The average molecular weight is 208 g/mol. The van der Waals surface area contributed by atoms with Gasteiger partial charge in [0.1, 0.15) is 11.6 Å². The lowest BCUT2D eigenvalue weighted by Crippen LogP contribution is -2.37. The van der Waals surface area contributed by atoms with Crippen molar-refractivity contribution in [3.63, 3.8) is 0 Å². The summed E-state index contributed by atoms with van der Waals surface area (Å²) in [6.45, 7) is 0.912. The molecule has 0 aromatic carbocycles. The minimum atomic E-state index is -0.0964. The number of anilines is 2. The molecule has 0 amide bonds. The Hall–Kier alpha value is -1.36. The molecule has 1 heterocycles. The van der Waals surface area contributed by atoms with E-state index in [-0.39, 0.29) is 6.10 Å². The molecule has 82 valence electrons. The van der Waals surface area contributed by atoms with Gasteiger partial charge in [-0.05, 0) is 18.8 Å². The molecule has 3 N–H and O–H groups in total. The predicted molar refractivity (Wildman–Crippen MR) is 58.4 cm³/mol. The third-order valence-corrected chi connectivity index (χ3v) is 2.79. The predicted octanol–water partition coefficient (Wildman–Crippen LogP) is 0.266. The maximum absolute atomic E-state index is 9.18. The van der Waals surface area contributed by atoms with Crippen LogP contribution in [0.5, 0.6) is 0 Å². The Morgan fingerprint density at radius 2 is 2.20 bits per heavy atom. The van der Waals surface area contributed by atoms with Crippen LogP contribution in [0.4, 0.5) is 11.6 Å². The molecule has 1 aromatic rings. The summed E-state index contributed by atoms with van der Waals surface area (Å²) < 4.78 is 0. The quantitative estimate of drug-likeness (QED) is 0.745. The molecule has 0 radical (unpaired) electrons. The van der Waals surface area contributed by atoms with Gasteiger partial charge in [0.15, 0.2) is 0 Å². The van der Waals surface area contributed by atoms with Gasteiger partial charge in [-0.25, -0.2) is 9.97 Å². The summed E-state index contributed by atoms with van der Waals surface area (Å²) in [6, 6.07) is 0. The van der Waals surface area contributed by atoms with Crippen LogP contribution in [-0.2, 0) is 0 Å². The summed E-state index contributed by atoms with van der Waals surface area (Å²) in [5, 5.41) is 9.18. The number of nitrogens with zero attached hydrogens (tertiary/aromatic N) is 3. The Kier molecular flexibility index (Phi) is 2.73. The van der Waals surface area contributed by atoms with Gasteiger partial charge in [-0.2, -0.15) is 0 Å². The van der Waals surface area contributed by atoms with Crippen LogP contribution in [0.1, 0.15) is 12.8 Å². The first-order chi connectivity index (χ1) is 7.15. The van der Waals surface area contributed by atoms with Gasteiger partial charge >= 0.3 is 0 Å². The fourth-order valence-corrected chi connectivity index (χ4v) is 1.86. The highest BCUT2D eigenvalue weighted by Gasteiger charge is 2.28. The van der Waals surface area contributed by atoms with E-state index >= 15 is 0 Å². The van der Waals surface area contributed by atoms with Gasteiger partial charge < -0.3 is 15.7 Å². The third-order valence-electron chi connectivity index (χ3n) is 2.79. The number of nitrogens with two attached hydrogens (primary N) is 1. The highest BCUT2D eigenvalue weighted by Crippen LogP contribution is 2.28. The van der Waals surface area contributed by atoms with Crippen molar-refractivity contribution in [3.8, 4) is 0 Å². The summed E-state index contributed by atoms with van der Waals surface area (Å²) in [5.74, 6) is 1.83. The van der Waals surface area contributed by atoms with Crippen molar-refractivity contribution in [2.24, 2.45) is 5.92 Å². The molecule has 0 saturated heterocycles. The SMILES string of the molecule is CN(CC1CC(O)C1)c1cnc(N)cn1. The second-order valence-corrected chi connectivity index (χ2v) is 4.17. The molecule has 0 spiro atoms. The van der Waals surface area contributed by atoms with Crippen LogP contribution in [0.2, 0.25) is 0 Å². The summed E-state index contributed by atoms with van der Waals surface area (Å²) >= 11 is 0. The Labute approximate surface area is 88.9 Å². The second-order valence-electron chi connectivity index (χ2n) is 4.17. The van der Waals surface area contributed by atoms with Gasteiger partial charge in [-0.3, -0.25) is 0 Å². The van der Waals surface area contributed by atoms with E-state index in [1.807, 2.05) is 11.9 Å². The maximum Gasteiger partial charge on any atom is 0.146 e. The number of hydrogen-bond donors (Lipinski definition) is 2. The van der Waals surface area contributed by atoms with Gasteiger partial charge in [0.05, 0.1) is 18.5 Å². The molecule has 0 aliphatic heterocycles. The lowest BCUT2D eigenvalue weighted by Gasteiger charge is -2.34. The lowest BCUT2D eigenvalue weighted by molar-refractivity contribution is 0.0464. The normalized spacial score (nSPS) is 24.7. The molecular weight excluding hydrogens is 192 g/mol. The van der Waals surface area contributed by atoms with Crippen molar-refractivity contribution >= 4 is 11.6 Å². The minimum absolute atomic E-state index is 0.0964. The van der Waals surface area contributed by atoms with E-state index < -0.39 is 0 Å². The molecule has 0 bridgehead atoms. The maximum atomic E-state index is 9.18. The second kappa shape index (κ2) is 4.02. The molecule has 0 unspecified atom stereocenters. The topological polar surface area (TPSA) is 75.3 Å². The number of rotatable bonds is 3. The van der Waals surface area contributed by atoms with E-state index in [1.165, 1.54) is 0 Å². The third kappa shape index (κ3) is 2.36. The van der Waals surface area contributed by atoms with E-state index in [1.54, 1.807) is 12.4 Å². The molecule has 0 atom stereocenters. The Morgan fingerprint density at radius 1 is 1.47 bits per heavy atom. The standard InChI is InChI=1S/C10H16N4O/c1-14(6-7-2-8(15)3-7)10-5-12-9(11)4-13-10/h4-5,7-8,15H,2-3,6H2,1H3,(H2,11,12). The van der Waals surface area contributed by atoms with Crippen LogP contribution < -0.4 is 10.6 Å². The number of aliphatic hydroxyl groups excluding tert-OH is 1. The summed E-state index contributed by atoms with van der Waals surface area (Å²) in [7, 11) is 1.98. The zero-order valence-corrected chi connectivity index (χ0v) is 8.80. The van der Waals surface area contributed by atoms with Gasteiger partial charge in [-0.15, -0.1) is 0 Å². The summed E-state index contributed by atoms with van der Waals surface area (Å²) in [4.78, 5) is 10.2. The van der Waals surface area contributed by atoms with Crippen LogP contribution in [0.15, 0.2) is 12.4 Å². The van der Waals surface area contributed by atoms with E-state index in [0.717, 1.165) is 25.2 Å². The monoisotopic (exact) mass is 208 g/mol. The van der Waals surface area contributed by atoms with Crippen molar-refractivity contribution in [2.75, 3.05) is 24.2 Å². The molecule has 1 aromatic heterocycles. The minimum Gasteiger partial charge on any atom is -0.393 e. The Bertz CT molecular complexity index is 321. The fourth-order valence-electron chi connectivity index (χ4n) is 1.86. The van der Waals surface area contributed by atoms with Gasteiger partial charge in [-0.1, -0.05) is 0 Å². The van der Waals surface area contributed by atoms with Crippen molar-refractivity contribution in [3.05, 3.63) is 12.4 Å². The average Bonchev–Trinajstić information content (AvgIpc) is 2.16. The fraction of sp³-hybridized carbons (Fsp3) is 0.600. The van der Waals surface area contributed by atoms with Crippen molar-refractivity contribution in [1.29, 1.82) is 0 Å². The van der Waals surface area contributed by atoms with Crippen molar-refractivity contribution < 1.29 is 5.11 Å². The van der Waals surface area contributed by atoms with Crippen LogP contribution >= 0.6 is 0 Å². The number of aromatic nitrogens is 2. The summed E-state index contributed by atoms with van der Waals surface area (Å²) in [5.41, 5.74) is 5.46. The number of hydrogen-bond acceptors (Lipinski definition) is 5. The molecule has 15 heavy (non-hydrogen) atoms. The first-order valence-corrected chi connectivity index (χ1v) is 5.12. The molecule has 1 aliphatic carbocycles. The van der Waals surface area contributed by atoms with Crippen molar-refractivity contribution in [1.82, 2.24) is 9.97 Å². The molecule has 5 nitrogen and oxygen atoms in total. The lowest BCUT2D eigenvalue weighted by atomic mass is 9.82. The van der Waals surface area contributed by atoms with Gasteiger partial charge in [0.2, 0.25) is 0 Å². The zero-order valence-electron chi connectivity index (χ0n) is 8.80. The largest absolute Gasteiger partial charge is 0.393 e. The molecule has 1 aliphatic rings. The van der Waals surface area contributed by atoms with E-state index in [4.69, 9.17) is 5.73 Å². The smallest absolute Gasteiger partial charge is 0.146 e. The first kappa shape index (κ1) is 10.2. The van der Waals surface area contributed by atoms with Crippen LogP contribution in [0.25, 0.3) is 0 Å². The molecular formula is C10H16N4O. The van der Waals surface area contributed by atoms with Gasteiger partial charge in [0, 0.05) is 13.6 Å². The Morgan fingerprint density at radius 3 is 2.73 bits per heavy atom. The van der Waals surface area contributed by atoms with Crippen molar-refractivity contribution in [2.45, 2.75) is 18.9 Å². The molecule has 5 heteroatoms. The highest BCUT2D eigenvalue weighted by atomic mass is 16.3. The molecule has 1 saturated carbocycles. The number of nitrogen functional groups attached to an aromatic ring is 1. The van der Waals surface area contributed by atoms with Crippen LogP contribution in [-0.4, -0.2) is 34.8 Å².